The summed E-state index contributed by atoms with van der Waals surface area (Å²) in [6, 6.07) is 14.6. The molecule has 1 N–H and O–H groups in total. The molecule has 1 aromatic carbocycles. The van der Waals surface area contributed by atoms with Gasteiger partial charge in [0.2, 0.25) is 11.8 Å². The van der Waals surface area contributed by atoms with E-state index < -0.39 is 5.41 Å². The molecule has 0 aliphatic carbocycles. The third-order valence-electron chi connectivity index (χ3n) is 7.41. The van der Waals surface area contributed by atoms with E-state index in [1.165, 1.54) is 17.7 Å². The van der Waals surface area contributed by atoms with Gasteiger partial charge >= 0.3 is 0 Å². The molecule has 6 heteroatoms. The summed E-state index contributed by atoms with van der Waals surface area (Å²) in [5, 5.41) is 5.48. The number of amides is 2. The summed E-state index contributed by atoms with van der Waals surface area (Å²) in [6.07, 6.45) is 3.75. The summed E-state index contributed by atoms with van der Waals surface area (Å²) >= 11 is 1.77. The Hall–Kier alpha value is -2.18. The maximum absolute atomic E-state index is 13.8. The third kappa shape index (κ3) is 4.91. The minimum absolute atomic E-state index is 0.0872. The zero-order chi connectivity index (χ0) is 22.6. The van der Waals surface area contributed by atoms with Crippen LogP contribution in [0, 0.1) is 5.92 Å². The van der Waals surface area contributed by atoms with Gasteiger partial charge in [0.15, 0.2) is 0 Å². The van der Waals surface area contributed by atoms with Crippen molar-refractivity contribution in [2.75, 3.05) is 32.7 Å². The zero-order valence-electron chi connectivity index (χ0n) is 19.3. The molecule has 0 bridgehead atoms. The minimum Gasteiger partial charge on any atom is -0.353 e. The van der Waals surface area contributed by atoms with Gasteiger partial charge in [-0.15, -0.1) is 11.3 Å². The van der Waals surface area contributed by atoms with E-state index >= 15 is 0 Å². The summed E-state index contributed by atoms with van der Waals surface area (Å²) in [7, 11) is 0. The molecule has 32 heavy (non-hydrogen) atoms. The van der Waals surface area contributed by atoms with Gasteiger partial charge in [0, 0.05) is 31.4 Å². The molecule has 1 unspecified atom stereocenters. The van der Waals surface area contributed by atoms with Crippen molar-refractivity contribution in [2.24, 2.45) is 5.92 Å². The molecular weight excluding hydrogens is 418 g/mol. The highest BCUT2D eigenvalue weighted by molar-refractivity contribution is 7.10. The van der Waals surface area contributed by atoms with Gasteiger partial charge in [-0.05, 0) is 61.7 Å². The lowest BCUT2D eigenvalue weighted by Gasteiger charge is -2.42. The molecule has 2 aliphatic rings. The van der Waals surface area contributed by atoms with Crippen molar-refractivity contribution in [2.45, 2.75) is 51.0 Å². The van der Waals surface area contributed by atoms with Crippen molar-refractivity contribution in [3.05, 3.63) is 58.3 Å². The summed E-state index contributed by atoms with van der Waals surface area (Å²) in [6.45, 7) is 7.97. The number of rotatable bonds is 6. The van der Waals surface area contributed by atoms with E-state index in [0.29, 0.717) is 32.5 Å². The van der Waals surface area contributed by atoms with Crippen LogP contribution in [0.1, 0.15) is 56.0 Å². The second-order valence-corrected chi connectivity index (χ2v) is 10.4. The highest BCUT2D eigenvalue weighted by atomic mass is 32.1. The van der Waals surface area contributed by atoms with Crippen molar-refractivity contribution < 1.29 is 9.59 Å². The van der Waals surface area contributed by atoms with Crippen molar-refractivity contribution >= 4 is 23.2 Å². The molecule has 1 aromatic heterocycles. The maximum Gasteiger partial charge on any atom is 0.230 e. The van der Waals surface area contributed by atoms with E-state index in [-0.39, 0.29) is 17.9 Å². The van der Waals surface area contributed by atoms with E-state index in [0.717, 1.165) is 24.6 Å². The van der Waals surface area contributed by atoms with E-state index in [1.54, 1.807) is 18.3 Å². The van der Waals surface area contributed by atoms with Gasteiger partial charge in [0.25, 0.3) is 0 Å². The number of likely N-dealkylation sites (tertiary alicyclic amines) is 2. The summed E-state index contributed by atoms with van der Waals surface area (Å²) in [5.74, 6) is 0.959. The Balaban J connectivity index is 1.51. The molecule has 2 aromatic rings. The molecule has 2 saturated heterocycles. The van der Waals surface area contributed by atoms with E-state index in [4.69, 9.17) is 0 Å². The largest absolute Gasteiger partial charge is 0.353 e. The topological polar surface area (TPSA) is 52.7 Å². The number of carbonyl (C=O) groups is 2. The first kappa shape index (κ1) is 23.0. The van der Waals surface area contributed by atoms with Crippen LogP contribution in [-0.2, 0) is 15.0 Å². The Labute approximate surface area is 195 Å². The SMILES string of the molecule is CC(=O)N1CCC(C(=O)NCC(c2cccs2)N2CCC(C)CC2)(c2ccccc2)CC1. The number of carbonyl (C=O) groups excluding carboxylic acids is 2. The van der Waals surface area contributed by atoms with Crippen LogP contribution in [0.15, 0.2) is 47.8 Å². The smallest absolute Gasteiger partial charge is 0.230 e. The maximum atomic E-state index is 13.8. The number of benzene rings is 1. The first-order valence-electron chi connectivity index (χ1n) is 11.9. The fourth-order valence-electron chi connectivity index (χ4n) is 5.20. The Morgan fingerprint density at radius 1 is 1.06 bits per heavy atom. The number of nitrogens with one attached hydrogen (secondary N) is 1. The second-order valence-electron chi connectivity index (χ2n) is 9.41. The molecule has 4 rings (SSSR count). The lowest BCUT2D eigenvalue weighted by atomic mass is 9.72. The zero-order valence-corrected chi connectivity index (χ0v) is 20.1. The Bertz CT molecular complexity index is 883. The normalized spacial score (nSPS) is 20.6. The highest BCUT2D eigenvalue weighted by Gasteiger charge is 2.43. The molecule has 5 nitrogen and oxygen atoms in total. The standard InChI is InChI=1S/C26H35N3O2S/c1-20-10-14-29(15-11-20)23(24-9-6-18-32-24)19-27-25(31)26(22-7-4-3-5-8-22)12-16-28(17-13-26)21(2)30/h3-9,18,20,23H,10-17,19H2,1-2H3,(H,27,31). The Morgan fingerprint density at radius 2 is 1.75 bits per heavy atom. The van der Waals surface area contributed by atoms with E-state index in [1.807, 2.05) is 23.1 Å². The minimum atomic E-state index is -0.580. The molecule has 1 atom stereocenters. The molecule has 0 saturated carbocycles. The lowest BCUT2D eigenvalue weighted by molar-refractivity contribution is -0.135. The molecule has 2 amide bonds. The average molecular weight is 454 g/mol. The van der Waals surface area contributed by atoms with Crippen molar-refractivity contribution in [1.82, 2.24) is 15.1 Å². The van der Waals surface area contributed by atoms with Gasteiger partial charge in [-0.2, -0.15) is 0 Å². The number of nitrogens with zero attached hydrogens (tertiary/aromatic N) is 2. The van der Waals surface area contributed by atoms with Crippen LogP contribution in [0.25, 0.3) is 0 Å². The Morgan fingerprint density at radius 3 is 2.34 bits per heavy atom. The Kier molecular flexibility index (Phi) is 7.31. The van der Waals surface area contributed by atoms with Gasteiger partial charge in [0.1, 0.15) is 0 Å². The fourth-order valence-corrected chi connectivity index (χ4v) is 6.06. The lowest BCUT2D eigenvalue weighted by Crippen LogP contribution is -2.53. The van der Waals surface area contributed by atoms with Gasteiger partial charge in [-0.3, -0.25) is 14.5 Å². The van der Waals surface area contributed by atoms with Gasteiger partial charge < -0.3 is 10.2 Å². The van der Waals surface area contributed by atoms with E-state index in [9.17, 15) is 9.59 Å². The number of hydrogen-bond acceptors (Lipinski definition) is 4. The van der Waals surface area contributed by atoms with Crippen molar-refractivity contribution in [1.29, 1.82) is 0 Å². The monoisotopic (exact) mass is 453 g/mol. The summed E-state index contributed by atoms with van der Waals surface area (Å²) in [4.78, 5) is 31.4. The van der Waals surface area contributed by atoms with Gasteiger partial charge in [-0.1, -0.05) is 43.3 Å². The first-order valence-corrected chi connectivity index (χ1v) is 12.7. The van der Waals surface area contributed by atoms with Crippen LogP contribution in [0.3, 0.4) is 0 Å². The fraction of sp³-hybridized carbons (Fsp3) is 0.538. The van der Waals surface area contributed by atoms with Crippen LogP contribution in [0.4, 0.5) is 0 Å². The molecule has 172 valence electrons. The van der Waals surface area contributed by atoms with Crippen LogP contribution in [0.2, 0.25) is 0 Å². The second kappa shape index (κ2) is 10.2. The number of hydrogen-bond donors (Lipinski definition) is 1. The van der Waals surface area contributed by atoms with Gasteiger partial charge in [-0.25, -0.2) is 0 Å². The van der Waals surface area contributed by atoms with E-state index in [2.05, 4.69) is 46.8 Å². The van der Waals surface area contributed by atoms with Crippen molar-refractivity contribution in [3.8, 4) is 0 Å². The predicted octanol–water partition coefficient (Wildman–Crippen LogP) is 4.22. The quantitative estimate of drug-likeness (QED) is 0.713. The summed E-state index contributed by atoms with van der Waals surface area (Å²) < 4.78 is 0. The summed E-state index contributed by atoms with van der Waals surface area (Å²) in [5.41, 5.74) is 0.476. The highest BCUT2D eigenvalue weighted by Crippen LogP contribution is 2.36. The number of thiophene rings is 1. The van der Waals surface area contributed by atoms with Gasteiger partial charge in [0.05, 0.1) is 11.5 Å². The molecule has 3 heterocycles. The third-order valence-corrected chi connectivity index (χ3v) is 8.38. The molecule has 2 aliphatic heterocycles. The molecule has 2 fully saturated rings. The predicted molar refractivity (Wildman–Crippen MR) is 130 cm³/mol. The first-order chi connectivity index (χ1) is 15.5. The van der Waals surface area contributed by atoms with Crippen LogP contribution >= 0.6 is 11.3 Å². The van der Waals surface area contributed by atoms with Crippen molar-refractivity contribution in [3.63, 3.8) is 0 Å². The molecule has 0 radical (unpaired) electrons. The average Bonchev–Trinajstić information content (AvgIpc) is 3.35. The van der Waals surface area contributed by atoms with Crippen LogP contribution < -0.4 is 5.32 Å². The van der Waals surface area contributed by atoms with Crippen LogP contribution in [0.5, 0.6) is 0 Å². The molecule has 0 spiro atoms. The van der Waals surface area contributed by atoms with Crippen LogP contribution in [-0.4, -0.2) is 54.3 Å². The number of piperidine rings is 2. The molecular formula is C26H35N3O2S.